The Bertz CT molecular complexity index is 449. The number of carbonyl (C=O) groups excluding carboxylic acids is 2. The summed E-state index contributed by atoms with van der Waals surface area (Å²) in [4.78, 5) is 23.1. The van der Waals surface area contributed by atoms with E-state index in [2.05, 4.69) is 38.2 Å². The van der Waals surface area contributed by atoms with Gasteiger partial charge >= 0.3 is 5.97 Å². The summed E-state index contributed by atoms with van der Waals surface area (Å²) < 4.78 is 10.8. The Hall–Kier alpha value is -0.983. The fourth-order valence-electron chi connectivity index (χ4n) is 2.72. The van der Waals surface area contributed by atoms with Gasteiger partial charge in [-0.3, -0.25) is 9.59 Å². The molecule has 1 atom stereocenters. The van der Waals surface area contributed by atoms with Crippen molar-refractivity contribution in [3.8, 4) is 0 Å². The van der Waals surface area contributed by atoms with Crippen LogP contribution in [0.15, 0.2) is 11.6 Å². The van der Waals surface area contributed by atoms with Crippen molar-refractivity contribution in [2.24, 2.45) is 5.92 Å². The first kappa shape index (κ1) is 23.0. The van der Waals surface area contributed by atoms with Gasteiger partial charge in [0.1, 0.15) is 11.7 Å². The van der Waals surface area contributed by atoms with E-state index in [1.54, 1.807) is 6.08 Å². The van der Waals surface area contributed by atoms with E-state index in [0.717, 1.165) is 24.8 Å². The second-order valence-corrected chi connectivity index (χ2v) is 12.2. The molecule has 0 aromatic carbocycles. The quantitative estimate of drug-likeness (QED) is 0.265. The summed E-state index contributed by atoms with van der Waals surface area (Å²) in [6.07, 6.45) is 4.55. The van der Waals surface area contributed by atoms with Crippen molar-refractivity contribution < 1.29 is 23.9 Å². The lowest BCUT2D eigenvalue weighted by Gasteiger charge is -2.33. The van der Waals surface area contributed by atoms with E-state index in [0.29, 0.717) is 0 Å². The average Bonchev–Trinajstić information content (AvgIpc) is 2.42. The highest BCUT2D eigenvalue weighted by atomic mass is 28.4. The predicted molar refractivity (Wildman–Crippen MR) is 98.3 cm³/mol. The number of Topliss-reactive ketones (excluding diaryl/α,β-unsaturated/α-hetero) is 1. The molecule has 0 aromatic rings. The summed E-state index contributed by atoms with van der Waals surface area (Å²) in [6.45, 7) is 12.0. The largest absolute Gasteiger partial charge is 0.468 e. The minimum absolute atomic E-state index is 0.0683. The third-order valence-corrected chi connectivity index (χ3v) is 4.85. The van der Waals surface area contributed by atoms with Crippen molar-refractivity contribution in [2.75, 3.05) is 13.7 Å². The van der Waals surface area contributed by atoms with Crippen LogP contribution in [-0.4, -0.2) is 44.5 Å². The number of hydrogen-bond donors (Lipinski definition) is 1. The van der Waals surface area contributed by atoms with Gasteiger partial charge in [-0.1, -0.05) is 6.08 Å². The Morgan fingerprint density at radius 1 is 1.25 bits per heavy atom. The molecule has 0 rings (SSSR count). The Kier molecular flexibility index (Phi) is 9.69. The number of ketones is 1. The number of esters is 1. The second kappa shape index (κ2) is 10.1. The van der Waals surface area contributed by atoms with Crippen molar-refractivity contribution in [3.63, 3.8) is 0 Å². The lowest BCUT2D eigenvalue weighted by Crippen LogP contribution is -2.38. The number of aliphatic hydroxyl groups excluding tert-OH is 1. The molecule has 0 radical (unpaired) electrons. The van der Waals surface area contributed by atoms with Crippen LogP contribution in [0.25, 0.3) is 0 Å². The van der Waals surface area contributed by atoms with E-state index in [4.69, 9.17) is 4.43 Å². The highest BCUT2D eigenvalue weighted by Gasteiger charge is 2.27. The first-order valence-electron chi connectivity index (χ1n) is 8.49. The minimum atomic E-state index is -1.59. The standard InChI is InChI=1S/C18H34O5Si/c1-14(20)16(17(21)22-4)11-10-15(13-19)9-8-12-18(2,3)23-24(5,6)7/h10,16,19H,8-9,11-13H2,1-7H3/b15-10-. The zero-order valence-electron chi connectivity index (χ0n) is 16.3. The van der Waals surface area contributed by atoms with Crippen LogP contribution in [0.4, 0.5) is 0 Å². The topological polar surface area (TPSA) is 72.8 Å². The van der Waals surface area contributed by atoms with E-state index in [-0.39, 0.29) is 24.4 Å². The SMILES string of the molecule is COC(=O)C(C/C=C(\CO)CCCC(C)(C)O[Si](C)(C)C)C(C)=O. The maximum absolute atomic E-state index is 11.6. The molecule has 0 heterocycles. The van der Waals surface area contributed by atoms with Crippen molar-refractivity contribution in [3.05, 3.63) is 11.6 Å². The van der Waals surface area contributed by atoms with Crippen LogP contribution in [0.2, 0.25) is 19.6 Å². The minimum Gasteiger partial charge on any atom is -0.468 e. The van der Waals surface area contributed by atoms with Crippen LogP contribution in [-0.2, 0) is 18.8 Å². The van der Waals surface area contributed by atoms with Crippen LogP contribution in [0.3, 0.4) is 0 Å². The van der Waals surface area contributed by atoms with Gasteiger partial charge in [-0.15, -0.1) is 0 Å². The molecule has 0 saturated carbocycles. The normalized spacial score (nSPS) is 14.4. The smallest absolute Gasteiger partial charge is 0.316 e. The van der Waals surface area contributed by atoms with Crippen LogP contribution in [0.1, 0.15) is 46.5 Å². The molecule has 0 aromatic heterocycles. The van der Waals surface area contributed by atoms with Gasteiger partial charge in [-0.05, 0) is 71.7 Å². The summed E-state index contributed by atoms with van der Waals surface area (Å²) in [5.74, 6) is -1.54. The van der Waals surface area contributed by atoms with Crippen molar-refractivity contribution in [1.29, 1.82) is 0 Å². The van der Waals surface area contributed by atoms with Gasteiger partial charge < -0.3 is 14.3 Å². The lowest BCUT2D eigenvalue weighted by atomic mass is 9.96. The summed E-state index contributed by atoms with van der Waals surface area (Å²) >= 11 is 0. The van der Waals surface area contributed by atoms with E-state index in [9.17, 15) is 14.7 Å². The monoisotopic (exact) mass is 358 g/mol. The molecule has 0 spiro atoms. The van der Waals surface area contributed by atoms with Crippen LogP contribution < -0.4 is 0 Å². The fourth-order valence-corrected chi connectivity index (χ4v) is 4.48. The molecule has 24 heavy (non-hydrogen) atoms. The van der Waals surface area contributed by atoms with Crippen molar-refractivity contribution in [1.82, 2.24) is 0 Å². The van der Waals surface area contributed by atoms with Crippen molar-refractivity contribution >= 4 is 20.1 Å². The van der Waals surface area contributed by atoms with E-state index < -0.39 is 20.2 Å². The highest BCUT2D eigenvalue weighted by molar-refractivity contribution is 6.69. The molecule has 0 amide bonds. The van der Waals surface area contributed by atoms with Crippen LogP contribution in [0, 0.1) is 5.92 Å². The molecule has 0 aliphatic carbocycles. The zero-order valence-corrected chi connectivity index (χ0v) is 17.3. The second-order valence-electron chi connectivity index (χ2n) is 7.77. The number of carbonyl (C=O) groups is 2. The number of aliphatic hydroxyl groups is 1. The predicted octanol–water partition coefficient (Wildman–Crippen LogP) is 3.47. The number of ether oxygens (including phenoxy) is 1. The number of rotatable bonds is 11. The van der Waals surface area contributed by atoms with Gasteiger partial charge in [0.15, 0.2) is 8.32 Å². The first-order valence-corrected chi connectivity index (χ1v) is 11.9. The van der Waals surface area contributed by atoms with E-state index in [1.807, 2.05) is 0 Å². The number of methoxy groups -OCH3 is 1. The van der Waals surface area contributed by atoms with Gasteiger partial charge in [0.25, 0.3) is 0 Å². The molecule has 5 nitrogen and oxygen atoms in total. The van der Waals surface area contributed by atoms with Gasteiger partial charge in [0, 0.05) is 0 Å². The maximum atomic E-state index is 11.6. The molecule has 0 aliphatic rings. The molecule has 0 aliphatic heterocycles. The number of hydrogen-bond acceptors (Lipinski definition) is 5. The molecule has 0 saturated heterocycles. The Morgan fingerprint density at radius 3 is 2.25 bits per heavy atom. The van der Waals surface area contributed by atoms with Crippen LogP contribution in [0.5, 0.6) is 0 Å². The molecule has 6 heteroatoms. The molecule has 0 fully saturated rings. The van der Waals surface area contributed by atoms with E-state index >= 15 is 0 Å². The molecule has 1 unspecified atom stereocenters. The van der Waals surface area contributed by atoms with Gasteiger partial charge in [0.2, 0.25) is 0 Å². The third kappa shape index (κ3) is 10.0. The molecular formula is C18H34O5Si. The molecule has 1 N–H and O–H groups in total. The van der Waals surface area contributed by atoms with E-state index in [1.165, 1.54) is 14.0 Å². The van der Waals surface area contributed by atoms with Gasteiger partial charge in [-0.25, -0.2) is 0 Å². The lowest BCUT2D eigenvalue weighted by molar-refractivity contribution is -0.148. The highest BCUT2D eigenvalue weighted by Crippen LogP contribution is 2.24. The summed E-state index contributed by atoms with van der Waals surface area (Å²) in [5.41, 5.74) is 0.660. The van der Waals surface area contributed by atoms with Crippen LogP contribution >= 0.6 is 0 Å². The molecule has 140 valence electrons. The van der Waals surface area contributed by atoms with Crippen molar-refractivity contribution in [2.45, 2.75) is 71.7 Å². The Morgan fingerprint density at radius 2 is 1.83 bits per heavy atom. The van der Waals surface area contributed by atoms with Gasteiger partial charge in [0.05, 0.1) is 19.3 Å². The summed E-state index contributed by atoms with van der Waals surface area (Å²) in [7, 11) is -0.317. The fraction of sp³-hybridized carbons (Fsp3) is 0.778. The van der Waals surface area contributed by atoms with Gasteiger partial charge in [-0.2, -0.15) is 0 Å². The third-order valence-electron chi connectivity index (χ3n) is 3.68. The summed E-state index contributed by atoms with van der Waals surface area (Å²) in [5, 5.41) is 9.50. The molecule has 0 bridgehead atoms. The Balaban J connectivity index is 4.60. The number of allylic oxidation sites excluding steroid dienone is 1. The zero-order chi connectivity index (χ0) is 19.0. The first-order chi connectivity index (χ1) is 10.9. The molecular weight excluding hydrogens is 324 g/mol. The average molecular weight is 359 g/mol. The summed E-state index contributed by atoms with van der Waals surface area (Å²) in [6, 6.07) is 0. The Labute approximate surface area is 147 Å². The maximum Gasteiger partial charge on any atom is 0.316 e.